The van der Waals surface area contributed by atoms with E-state index in [1.54, 1.807) is 24.3 Å². The Morgan fingerprint density at radius 3 is 2.65 bits per heavy atom. The highest BCUT2D eigenvalue weighted by molar-refractivity contribution is 7.99. The van der Waals surface area contributed by atoms with E-state index < -0.39 is 5.82 Å². The number of nitrogens with zero attached hydrogens (tertiary/aromatic N) is 1. The largest absolute Gasteiger partial charge is 0.508 e. The Morgan fingerprint density at radius 2 is 2.00 bits per heavy atom. The van der Waals surface area contributed by atoms with Gasteiger partial charge in [0.05, 0.1) is 5.56 Å². The maximum atomic E-state index is 12.9. The van der Waals surface area contributed by atoms with Gasteiger partial charge in [0, 0.05) is 15.9 Å². The van der Waals surface area contributed by atoms with Crippen LogP contribution in [0.5, 0.6) is 5.75 Å². The minimum absolute atomic E-state index is 0.181. The second kappa shape index (κ2) is 4.89. The molecule has 2 aromatic carbocycles. The molecule has 0 heterocycles. The molecule has 0 aliphatic carbocycles. The summed E-state index contributed by atoms with van der Waals surface area (Å²) in [5, 5.41) is 18.0. The molecule has 0 bridgehead atoms. The van der Waals surface area contributed by atoms with Crippen LogP contribution in [-0.2, 0) is 0 Å². The predicted octanol–water partition coefficient (Wildman–Crippen LogP) is 3.35. The monoisotopic (exact) mass is 244 g/mol. The van der Waals surface area contributed by atoms with Gasteiger partial charge >= 0.3 is 0 Å². The van der Waals surface area contributed by atoms with Crippen molar-refractivity contribution >= 4 is 11.8 Å². The van der Waals surface area contributed by atoms with Crippen LogP contribution in [0.2, 0.25) is 0 Å². The Morgan fingerprint density at radius 1 is 1.29 bits per heavy atom. The molecule has 2 nitrogen and oxygen atoms in total. The fourth-order valence-electron chi connectivity index (χ4n) is 1.26. The summed E-state index contributed by atoms with van der Waals surface area (Å²) in [5.41, 5.74) is 0.277. The molecule has 0 unspecified atom stereocenters. The van der Waals surface area contributed by atoms with Crippen LogP contribution >= 0.6 is 11.8 Å². The third-order valence-electron chi connectivity index (χ3n) is 2.06. The fraction of sp³-hybridized carbons (Fsp3) is 0. The number of halogens is 1. The normalized spacial score (nSPS) is 9.88. The Balaban J connectivity index is 2.30. The average molecular weight is 244 g/mol. The lowest BCUT2D eigenvalue weighted by Gasteiger charge is -2.03. The number of benzene rings is 2. The molecule has 2 aromatic rings. The summed E-state index contributed by atoms with van der Waals surface area (Å²) in [5.74, 6) is -0.364. The molecule has 17 heavy (non-hydrogen) atoms. The van der Waals surface area contributed by atoms with Crippen LogP contribution < -0.4 is 0 Å². The van der Waals surface area contributed by atoms with Crippen molar-refractivity contribution in [3.05, 3.63) is 53.8 Å². The van der Waals surface area contributed by atoms with Gasteiger partial charge in [-0.25, -0.2) is 4.39 Å². The van der Waals surface area contributed by atoms with E-state index in [1.165, 1.54) is 17.8 Å². The van der Waals surface area contributed by atoms with Gasteiger partial charge in [0.15, 0.2) is 0 Å². The maximum Gasteiger partial charge on any atom is 0.132 e. The van der Waals surface area contributed by atoms with E-state index in [0.29, 0.717) is 4.90 Å². The number of nitriles is 1. The van der Waals surface area contributed by atoms with Gasteiger partial charge < -0.3 is 5.11 Å². The Bertz CT molecular complexity index is 575. The van der Waals surface area contributed by atoms with E-state index in [1.807, 2.05) is 6.07 Å². The first-order valence-corrected chi connectivity index (χ1v) is 5.59. The molecule has 1 N–H and O–H groups in total. The van der Waals surface area contributed by atoms with Crippen molar-refractivity contribution in [1.29, 1.82) is 5.26 Å². The van der Waals surface area contributed by atoms with E-state index >= 15 is 0 Å². The SMILES string of the molecule is N#Cc1cc(F)[c]cc1Sc1ccc(O)cc1. The van der Waals surface area contributed by atoms with Crippen LogP contribution in [0.4, 0.5) is 4.39 Å². The quantitative estimate of drug-likeness (QED) is 0.881. The van der Waals surface area contributed by atoms with Crippen molar-refractivity contribution in [3.63, 3.8) is 0 Å². The molecule has 0 aliphatic rings. The minimum atomic E-state index is -0.545. The van der Waals surface area contributed by atoms with Gasteiger partial charge in [0.2, 0.25) is 0 Å². The second-order valence-corrected chi connectivity index (χ2v) is 4.38. The van der Waals surface area contributed by atoms with Gasteiger partial charge in [-0.05, 0) is 36.4 Å². The van der Waals surface area contributed by atoms with E-state index in [9.17, 15) is 4.39 Å². The lowest BCUT2D eigenvalue weighted by Crippen LogP contribution is -1.84. The van der Waals surface area contributed by atoms with Crippen molar-refractivity contribution in [3.8, 4) is 11.8 Å². The van der Waals surface area contributed by atoms with Gasteiger partial charge in [0.25, 0.3) is 0 Å². The smallest absolute Gasteiger partial charge is 0.132 e. The van der Waals surface area contributed by atoms with Crippen molar-refractivity contribution in [2.45, 2.75) is 9.79 Å². The third kappa shape index (κ3) is 2.77. The maximum absolute atomic E-state index is 12.9. The van der Waals surface area contributed by atoms with Crippen molar-refractivity contribution in [2.24, 2.45) is 0 Å². The van der Waals surface area contributed by atoms with Gasteiger partial charge in [-0.1, -0.05) is 11.8 Å². The van der Waals surface area contributed by atoms with Crippen LogP contribution in [0.15, 0.2) is 46.2 Å². The summed E-state index contributed by atoms with van der Waals surface area (Å²) in [6.45, 7) is 0. The molecule has 0 amide bonds. The van der Waals surface area contributed by atoms with Crippen LogP contribution in [0, 0.1) is 23.2 Å². The molecule has 0 saturated carbocycles. The summed E-state index contributed by atoms with van der Waals surface area (Å²) in [6, 6.07) is 13.5. The standard InChI is InChI=1S/C13H7FNOS/c14-10-1-6-13(9(7-10)8-15)17-12-4-2-11(16)3-5-12/h2-7,16H. The fourth-order valence-corrected chi connectivity index (χ4v) is 2.12. The molecule has 0 saturated heterocycles. The van der Waals surface area contributed by atoms with Gasteiger partial charge in [0.1, 0.15) is 17.6 Å². The summed E-state index contributed by atoms with van der Waals surface area (Å²) in [6.07, 6.45) is 0. The number of rotatable bonds is 2. The molecule has 0 spiro atoms. The Kier molecular flexibility index (Phi) is 3.31. The highest BCUT2D eigenvalue weighted by Crippen LogP contribution is 2.31. The summed E-state index contributed by atoms with van der Waals surface area (Å²) >= 11 is 1.32. The number of aromatic hydroxyl groups is 1. The first-order chi connectivity index (χ1) is 8.19. The minimum Gasteiger partial charge on any atom is -0.508 e. The molecular weight excluding hydrogens is 237 g/mol. The second-order valence-electron chi connectivity index (χ2n) is 3.27. The zero-order valence-corrected chi connectivity index (χ0v) is 9.46. The van der Waals surface area contributed by atoms with E-state index in [4.69, 9.17) is 10.4 Å². The van der Waals surface area contributed by atoms with Crippen LogP contribution in [0.25, 0.3) is 0 Å². The van der Waals surface area contributed by atoms with E-state index in [2.05, 4.69) is 6.07 Å². The first kappa shape index (κ1) is 11.5. The van der Waals surface area contributed by atoms with Crippen molar-refractivity contribution in [2.75, 3.05) is 0 Å². The molecule has 0 aromatic heterocycles. The molecule has 1 radical (unpaired) electrons. The zero-order chi connectivity index (χ0) is 12.3. The molecular formula is C13H7FNOS. The van der Waals surface area contributed by atoms with Crippen LogP contribution in [0.3, 0.4) is 0 Å². The topological polar surface area (TPSA) is 44.0 Å². The highest BCUT2D eigenvalue weighted by Gasteiger charge is 2.05. The number of phenols is 1. The lowest BCUT2D eigenvalue weighted by atomic mass is 10.2. The highest BCUT2D eigenvalue weighted by atomic mass is 32.2. The van der Waals surface area contributed by atoms with Gasteiger partial charge in [-0.3, -0.25) is 0 Å². The average Bonchev–Trinajstić information content (AvgIpc) is 2.34. The van der Waals surface area contributed by atoms with Gasteiger partial charge in [-0.2, -0.15) is 5.26 Å². The first-order valence-electron chi connectivity index (χ1n) is 4.77. The van der Waals surface area contributed by atoms with E-state index in [0.717, 1.165) is 11.0 Å². The zero-order valence-electron chi connectivity index (χ0n) is 8.64. The molecule has 0 atom stereocenters. The molecule has 2 rings (SSSR count). The van der Waals surface area contributed by atoms with Gasteiger partial charge in [-0.15, -0.1) is 0 Å². The summed E-state index contributed by atoms with van der Waals surface area (Å²) in [7, 11) is 0. The number of hydrogen-bond acceptors (Lipinski definition) is 3. The Hall–Kier alpha value is -1.99. The molecule has 0 aliphatic heterocycles. The summed E-state index contributed by atoms with van der Waals surface area (Å²) < 4.78 is 12.9. The lowest BCUT2D eigenvalue weighted by molar-refractivity contribution is 0.475. The summed E-state index contributed by atoms with van der Waals surface area (Å²) in [4.78, 5) is 1.50. The van der Waals surface area contributed by atoms with E-state index in [-0.39, 0.29) is 11.3 Å². The van der Waals surface area contributed by atoms with Crippen LogP contribution in [-0.4, -0.2) is 5.11 Å². The predicted molar refractivity (Wildman–Crippen MR) is 62.2 cm³/mol. The molecule has 4 heteroatoms. The third-order valence-corrected chi connectivity index (χ3v) is 3.13. The molecule has 83 valence electrons. The Labute approximate surface area is 102 Å². The number of hydrogen-bond donors (Lipinski definition) is 1. The van der Waals surface area contributed by atoms with Crippen molar-refractivity contribution < 1.29 is 9.50 Å². The van der Waals surface area contributed by atoms with Crippen LogP contribution in [0.1, 0.15) is 5.56 Å². The number of phenolic OH excluding ortho intramolecular Hbond substituents is 1. The molecule has 0 fully saturated rings. The van der Waals surface area contributed by atoms with Crippen molar-refractivity contribution in [1.82, 2.24) is 0 Å².